The van der Waals surface area contributed by atoms with Crippen LogP contribution in [-0.4, -0.2) is 43.7 Å². The van der Waals surface area contributed by atoms with E-state index in [1.807, 2.05) is 4.90 Å². The molecule has 3 aromatic rings. The van der Waals surface area contributed by atoms with E-state index in [1.165, 1.54) is 30.5 Å². The number of anilines is 3. The van der Waals surface area contributed by atoms with Crippen LogP contribution in [0.3, 0.4) is 0 Å². The van der Waals surface area contributed by atoms with Crippen molar-refractivity contribution in [2.45, 2.75) is 23.8 Å². The largest absolute Gasteiger partial charge is 0.359 e. The maximum absolute atomic E-state index is 13.8. The molecule has 0 radical (unpaired) electrons. The van der Waals surface area contributed by atoms with Crippen LogP contribution in [0.2, 0.25) is 5.02 Å². The van der Waals surface area contributed by atoms with Crippen molar-refractivity contribution in [1.29, 1.82) is 0 Å². The molecular formula is C22H21ClFN5O3S. The monoisotopic (exact) mass is 489 g/mol. The lowest BCUT2D eigenvalue weighted by Crippen LogP contribution is -2.41. The van der Waals surface area contributed by atoms with E-state index in [2.05, 4.69) is 14.9 Å². The lowest BCUT2D eigenvalue weighted by Gasteiger charge is -2.26. The van der Waals surface area contributed by atoms with Crippen LogP contribution in [0.4, 0.5) is 21.6 Å². The fourth-order valence-electron chi connectivity index (χ4n) is 4.33. The quantitative estimate of drug-likeness (QED) is 0.589. The molecule has 1 fully saturated rings. The van der Waals surface area contributed by atoms with Crippen LogP contribution in [0.15, 0.2) is 59.6 Å². The van der Waals surface area contributed by atoms with Crippen LogP contribution >= 0.6 is 11.6 Å². The van der Waals surface area contributed by atoms with Gasteiger partial charge in [-0.1, -0.05) is 11.6 Å². The SMILES string of the molecule is O=C1[C@@H](N2CCc3c2ccc(F)c3Cl)CCN1c1ccc(S(=O)(=O)Nc2cccnn2)cc1.[HH]. The van der Waals surface area contributed by atoms with E-state index >= 15 is 0 Å². The van der Waals surface area contributed by atoms with Gasteiger partial charge in [0, 0.05) is 32.1 Å². The maximum Gasteiger partial charge on any atom is 0.263 e. The van der Waals surface area contributed by atoms with Crippen molar-refractivity contribution in [3.8, 4) is 0 Å². The molecule has 1 amide bonds. The van der Waals surface area contributed by atoms with E-state index in [0.29, 0.717) is 31.6 Å². The molecular weight excluding hydrogens is 469 g/mol. The number of hydrogen-bond donors (Lipinski definition) is 1. The van der Waals surface area contributed by atoms with Crippen LogP contribution in [0, 0.1) is 5.82 Å². The summed E-state index contributed by atoms with van der Waals surface area (Å²) in [5.74, 6) is -0.429. The Balaban J connectivity index is 0.00000274. The fraction of sp³-hybridized carbons (Fsp3) is 0.227. The molecule has 0 aliphatic carbocycles. The predicted octanol–water partition coefficient (Wildman–Crippen LogP) is 3.48. The number of fused-ring (bicyclic) bond motifs is 1. The second-order valence-electron chi connectivity index (χ2n) is 7.81. The summed E-state index contributed by atoms with van der Waals surface area (Å²) in [7, 11) is -3.84. The number of amides is 1. The Morgan fingerprint density at radius 3 is 2.64 bits per heavy atom. The van der Waals surface area contributed by atoms with Crippen LogP contribution in [-0.2, 0) is 21.2 Å². The number of sulfonamides is 1. The number of carbonyl (C=O) groups is 1. The minimum atomic E-state index is -3.84. The molecule has 8 nitrogen and oxygen atoms in total. The number of hydrogen-bond acceptors (Lipinski definition) is 6. The average Bonchev–Trinajstić information content (AvgIpc) is 3.40. The minimum Gasteiger partial charge on any atom is -0.359 e. The summed E-state index contributed by atoms with van der Waals surface area (Å²) in [5, 5.41) is 7.49. The summed E-state index contributed by atoms with van der Waals surface area (Å²) < 4.78 is 41.3. The van der Waals surface area contributed by atoms with Gasteiger partial charge in [-0.2, -0.15) is 5.10 Å². The standard InChI is InChI=1S/C22H19ClFN5O3S.H2/c23-21-16-9-12-29(18(16)8-7-17(21)24)19-10-13-28(22(19)30)14-3-5-15(6-4-14)33(31,32)27-20-2-1-11-25-26-20;/h1-8,11,19H,9-10,12-13H2,(H,26,27);1H/t19-;/m0./s1. The molecule has 0 saturated carbocycles. The Labute approximate surface area is 196 Å². The van der Waals surface area contributed by atoms with E-state index < -0.39 is 15.8 Å². The zero-order valence-electron chi connectivity index (χ0n) is 17.3. The third-order valence-corrected chi connectivity index (χ3v) is 7.69. The molecule has 1 saturated heterocycles. The van der Waals surface area contributed by atoms with Crippen molar-refractivity contribution in [3.63, 3.8) is 0 Å². The van der Waals surface area contributed by atoms with Gasteiger partial charge in [-0.25, -0.2) is 12.8 Å². The molecule has 1 atom stereocenters. The summed E-state index contributed by atoms with van der Waals surface area (Å²) >= 11 is 6.12. The number of carbonyl (C=O) groups excluding carboxylic acids is 1. The maximum atomic E-state index is 13.8. The van der Waals surface area contributed by atoms with Crippen LogP contribution in [0.25, 0.3) is 0 Å². The Morgan fingerprint density at radius 2 is 1.91 bits per heavy atom. The second kappa shape index (κ2) is 8.27. The highest BCUT2D eigenvalue weighted by Gasteiger charge is 2.39. The van der Waals surface area contributed by atoms with Crippen LogP contribution in [0.1, 0.15) is 13.4 Å². The van der Waals surface area contributed by atoms with E-state index in [1.54, 1.807) is 29.2 Å². The first kappa shape index (κ1) is 21.6. The Bertz CT molecular complexity index is 1330. The van der Waals surface area contributed by atoms with Crippen molar-refractivity contribution in [2.75, 3.05) is 27.6 Å². The van der Waals surface area contributed by atoms with Gasteiger partial charge in [0.1, 0.15) is 11.9 Å². The Kier molecular flexibility index (Phi) is 5.41. The number of halogens is 2. The Hall–Kier alpha value is -3.24. The molecule has 11 heteroatoms. The van der Waals surface area contributed by atoms with E-state index in [-0.39, 0.29) is 29.1 Å². The van der Waals surface area contributed by atoms with Crippen LogP contribution < -0.4 is 14.5 Å². The van der Waals surface area contributed by atoms with Gasteiger partial charge < -0.3 is 9.80 Å². The predicted molar refractivity (Wildman–Crippen MR) is 125 cm³/mol. The van der Waals surface area contributed by atoms with E-state index in [9.17, 15) is 17.6 Å². The molecule has 3 heterocycles. The Morgan fingerprint density at radius 1 is 1.12 bits per heavy atom. The highest BCUT2D eigenvalue weighted by atomic mass is 35.5. The van der Waals surface area contributed by atoms with Crippen molar-refractivity contribution >= 4 is 44.7 Å². The van der Waals surface area contributed by atoms with Gasteiger partial charge in [0.2, 0.25) is 5.91 Å². The fourth-order valence-corrected chi connectivity index (χ4v) is 5.58. The van der Waals surface area contributed by atoms with Crippen molar-refractivity contribution in [3.05, 3.63) is 71.1 Å². The number of nitrogens with zero attached hydrogens (tertiary/aromatic N) is 4. The highest BCUT2D eigenvalue weighted by molar-refractivity contribution is 7.92. The van der Waals surface area contributed by atoms with Gasteiger partial charge in [-0.05, 0) is 66.9 Å². The molecule has 33 heavy (non-hydrogen) atoms. The number of nitrogens with one attached hydrogen (secondary N) is 1. The molecule has 0 unspecified atom stereocenters. The van der Waals surface area contributed by atoms with Gasteiger partial charge in [0.05, 0.1) is 9.92 Å². The second-order valence-corrected chi connectivity index (χ2v) is 9.87. The van der Waals surface area contributed by atoms with Crippen LogP contribution in [0.5, 0.6) is 0 Å². The smallest absolute Gasteiger partial charge is 0.263 e. The summed E-state index contributed by atoms with van der Waals surface area (Å²) in [6.07, 6.45) is 2.63. The normalized spacial score (nSPS) is 18.0. The lowest BCUT2D eigenvalue weighted by molar-refractivity contribution is -0.118. The minimum absolute atomic E-state index is 0. The lowest BCUT2D eigenvalue weighted by atomic mass is 10.1. The molecule has 0 bridgehead atoms. The third kappa shape index (κ3) is 3.89. The number of aromatic nitrogens is 2. The molecule has 0 spiro atoms. The molecule has 2 aliphatic heterocycles. The number of rotatable bonds is 5. The molecule has 2 aromatic carbocycles. The van der Waals surface area contributed by atoms with Gasteiger partial charge >= 0.3 is 0 Å². The van der Waals surface area contributed by atoms with E-state index in [4.69, 9.17) is 11.6 Å². The van der Waals surface area contributed by atoms with Gasteiger partial charge in [-0.15, -0.1) is 5.10 Å². The number of benzene rings is 2. The zero-order chi connectivity index (χ0) is 23.2. The molecule has 5 rings (SSSR count). The van der Waals surface area contributed by atoms with E-state index in [0.717, 1.165) is 11.3 Å². The topological polar surface area (TPSA) is 95.5 Å². The van der Waals surface area contributed by atoms with Gasteiger partial charge in [-0.3, -0.25) is 9.52 Å². The molecule has 1 N–H and O–H groups in total. The van der Waals surface area contributed by atoms with Gasteiger partial charge in [0.15, 0.2) is 5.82 Å². The first-order chi connectivity index (χ1) is 15.8. The summed E-state index contributed by atoms with van der Waals surface area (Å²) in [5.41, 5.74) is 2.13. The first-order valence-electron chi connectivity index (χ1n) is 10.3. The molecule has 1 aromatic heterocycles. The first-order valence-corrected chi connectivity index (χ1v) is 12.2. The third-order valence-electron chi connectivity index (χ3n) is 5.91. The summed E-state index contributed by atoms with van der Waals surface area (Å²) in [6.45, 7) is 1.09. The summed E-state index contributed by atoms with van der Waals surface area (Å²) in [4.78, 5) is 16.9. The zero-order valence-corrected chi connectivity index (χ0v) is 18.9. The molecule has 2 aliphatic rings. The van der Waals surface area contributed by atoms with Crippen molar-refractivity contribution < 1.29 is 19.0 Å². The highest BCUT2D eigenvalue weighted by Crippen LogP contribution is 2.38. The summed E-state index contributed by atoms with van der Waals surface area (Å²) in [6, 6.07) is 11.8. The molecule has 172 valence electrons. The average molecular weight is 490 g/mol. The van der Waals surface area contributed by atoms with Gasteiger partial charge in [0.25, 0.3) is 10.0 Å². The van der Waals surface area contributed by atoms with Crippen molar-refractivity contribution in [1.82, 2.24) is 10.2 Å². The van der Waals surface area contributed by atoms with Crippen molar-refractivity contribution in [2.24, 2.45) is 0 Å².